The fraction of sp³-hybridized carbons (Fsp3) is 0.800. The molecule has 0 saturated carbocycles. The van der Waals surface area contributed by atoms with Crippen LogP contribution in [0.25, 0.3) is 0 Å². The van der Waals surface area contributed by atoms with Crippen LogP contribution in [0.5, 0.6) is 0 Å². The lowest BCUT2D eigenvalue weighted by atomic mass is 9.73. The molecule has 1 aliphatic rings. The minimum Gasteiger partial charge on any atom is -0.333 e. The lowest BCUT2D eigenvalue weighted by Crippen LogP contribution is -2.71. The number of likely N-dealkylation sites (tertiary alicyclic amines) is 1. The van der Waals surface area contributed by atoms with E-state index in [1.54, 1.807) is 4.90 Å². The Hall–Kier alpha value is -0.860. The fourth-order valence-corrected chi connectivity index (χ4v) is 2.39. The molecule has 13 heavy (non-hydrogen) atoms. The van der Waals surface area contributed by atoms with Gasteiger partial charge in [-0.25, -0.2) is 0 Å². The third kappa shape index (κ3) is 1.26. The highest BCUT2D eigenvalue weighted by molar-refractivity contribution is 6.06. The van der Waals surface area contributed by atoms with Gasteiger partial charge in [-0.15, -0.1) is 0 Å². The molecular weight excluding hydrogens is 166 g/mol. The molecule has 3 nitrogen and oxygen atoms in total. The summed E-state index contributed by atoms with van der Waals surface area (Å²) in [4.78, 5) is 24.5. The first-order chi connectivity index (χ1) is 5.80. The number of Topliss-reactive ketones (excluding diaryl/α,β-unsaturated/α-hetero) is 1. The van der Waals surface area contributed by atoms with Crippen LogP contribution in [0.3, 0.4) is 0 Å². The number of hydrogen-bond donors (Lipinski definition) is 0. The summed E-state index contributed by atoms with van der Waals surface area (Å²) in [6.45, 7) is 9.31. The first-order valence-electron chi connectivity index (χ1n) is 4.63. The van der Waals surface area contributed by atoms with Crippen LogP contribution in [0.2, 0.25) is 0 Å². The Balaban J connectivity index is 2.89. The van der Waals surface area contributed by atoms with Crippen molar-refractivity contribution in [3.8, 4) is 0 Å². The lowest BCUT2D eigenvalue weighted by Gasteiger charge is -2.55. The SMILES string of the molecule is CC(=O)C1C(=O)N(C(C)C)C1(C)C. The van der Waals surface area contributed by atoms with E-state index in [0.717, 1.165) is 0 Å². The van der Waals surface area contributed by atoms with Crippen molar-refractivity contribution >= 4 is 11.7 Å². The average Bonchev–Trinajstić information content (AvgIpc) is 1.81. The number of hydrogen-bond acceptors (Lipinski definition) is 2. The zero-order valence-corrected chi connectivity index (χ0v) is 8.92. The van der Waals surface area contributed by atoms with Gasteiger partial charge in [0.15, 0.2) is 0 Å². The zero-order chi connectivity index (χ0) is 10.4. The number of ketones is 1. The van der Waals surface area contributed by atoms with Gasteiger partial charge in [0.25, 0.3) is 0 Å². The summed E-state index contributed by atoms with van der Waals surface area (Å²) >= 11 is 0. The quantitative estimate of drug-likeness (QED) is 0.477. The molecule has 1 saturated heterocycles. The summed E-state index contributed by atoms with van der Waals surface area (Å²) in [5, 5.41) is 0. The second-order valence-corrected chi connectivity index (χ2v) is 4.50. The van der Waals surface area contributed by atoms with E-state index in [4.69, 9.17) is 0 Å². The molecule has 3 heteroatoms. The highest BCUT2D eigenvalue weighted by atomic mass is 16.2. The molecule has 1 unspecified atom stereocenters. The van der Waals surface area contributed by atoms with Crippen molar-refractivity contribution in [2.75, 3.05) is 0 Å². The van der Waals surface area contributed by atoms with Crippen molar-refractivity contribution in [2.24, 2.45) is 5.92 Å². The summed E-state index contributed by atoms with van der Waals surface area (Å²) in [6, 6.07) is 0.179. The first-order valence-corrected chi connectivity index (χ1v) is 4.63. The summed E-state index contributed by atoms with van der Waals surface area (Å²) in [5.41, 5.74) is -0.295. The molecule has 0 aromatic rings. The van der Waals surface area contributed by atoms with Crippen LogP contribution in [-0.2, 0) is 9.59 Å². The van der Waals surface area contributed by atoms with E-state index < -0.39 is 5.92 Å². The molecule has 1 atom stereocenters. The Labute approximate surface area is 79.1 Å². The Kier molecular flexibility index (Phi) is 2.22. The van der Waals surface area contributed by atoms with Gasteiger partial charge in [0.2, 0.25) is 5.91 Å². The number of rotatable bonds is 2. The zero-order valence-electron chi connectivity index (χ0n) is 8.92. The van der Waals surface area contributed by atoms with E-state index in [-0.39, 0.29) is 23.3 Å². The molecular formula is C10H17NO2. The van der Waals surface area contributed by atoms with Gasteiger partial charge in [0.1, 0.15) is 11.7 Å². The molecule has 0 aromatic carbocycles. The van der Waals surface area contributed by atoms with Gasteiger partial charge in [0, 0.05) is 6.04 Å². The molecule has 0 aliphatic carbocycles. The number of carbonyl (C=O) groups excluding carboxylic acids is 2. The fourth-order valence-electron chi connectivity index (χ4n) is 2.39. The molecule has 1 fully saturated rings. The molecule has 0 aromatic heterocycles. The molecule has 1 rings (SSSR count). The molecule has 74 valence electrons. The Morgan fingerprint density at radius 1 is 1.46 bits per heavy atom. The summed E-state index contributed by atoms with van der Waals surface area (Å²) in [5.74, 6) is -0.464. The van der Waals surface area contributed by atoms with Crippen molar-refractivity contribution in [3.63, 3.8) is 0 Å². The van der Waals surface area contributed by atoms with Crippen LogP contribution in [0.4, 0.5) is 0 Å². The van der Waals surface area contributed by atoms with Crippen LogP contribution < -0.4 is 0 Å². The van der Waals surface area contributed by atoms with Gasteiger partial charge in [-0.05, 0) is 34.6 Å². The maximum Gasteiger partial charge on any atom is 0.236 e. The van der Waals surface area contributed by atoms with Crippen molar-refractivity contribution in [3.05, 3.63) is 0 Å². The van der Waals surface area contributed by atoms with Gasteiger partial charge in [-0.2, -0.15) is 0 Å². The molecule has 0 spiro atoms. The standard InChI is InChI=1S/C10H17NO2/c1-6(2)11-9(13)8(7(3)12)10(11,4)5/h6,8H,1-5H3. The Morgan fingerprint density at radius 3 is 2.15 bits per heavy atom. The van der Waals surface area contributed by atoms with Gasteiger partial charge >= 0.3 is 0 Å². The summed E-state index contributed by atoms with van der Waals surface area (Å²) in [7, 11) is 0. The molecule has 0 bridgehead atoms. The van der Waals surface area contributed by atoms with E-state index in [2.05, 4.69) is 0 Å². The number of carbonyl (C=O) groups is 2. The topological polar surface area (TPSA) is 37.4 Å². The molecule has 1 heterocycles. The van der Waals surface area contributed by atoms with Gasteiger partial charge < -0.3 is 4.90 Å². The number of β-lactam (4-membered cyclic amide) rings is 1. The van der Waals surface area contributed by atoms with Crippen molar-refractivity contribution in [1.29, 1.82) is 0 Å². The number of amides is 1. The molecule has 0 radical (unpaired) electrons. The van der Waals surface area contributed by atoms with Crippen molar-refractivity contribution in [1.82, 2.24) is 4.90 Å². The molecule has 0 N–H and O–H groups in total. The van der Waals surface area contributed by atoms with E-state index in [1.807, 2.05) is 27.7 Å². The van der Waals surface area contributed by atoms with E-state index in [9.17, 15) is 9.59 Å². The molecule has 1 aliphatic heterocycles. The van der Waals surface area contributed by atoms with E-state index in [0.29, 0.717) is 0 Å². The summed E-state index contributed by atoms with van der Waals surface area (Å²) < 4.78 is 0. The maximum absolute atomic E-state index is 11.6. The average molecular weight is 183 g/mol. The van der Waals surface area contributed by atoms with Gasteiger partial charge in [-0.1, -0.05) is 0 Å². The van der Waals surface area contributed by atoms with Crippen molar-refractivity contribution in [2.45, 2.75) is 46.2 Å². The minimum absolute atomic E-state index is 0.0208. The van der Waals surface area contributed by atoms with Crippen LogP contribution >= 0.6 is 0 Å². The van der Waals surface area contributed by atoms with E-state index >= 15 is 0 Å². The smallest absolute Gasteiger partial charge is 0.236 e. The predicted molar refractivity (Wildman–Crippen MR) is 50.2 cm³/mol. The third-order valence-corrected chi connectivity index (χ3v) is 2.73. The second kappa shape index (κ2) is 2.82. The number of nitrogens with zero attached hydrogens (tertiary/aromatic N) is 1. The lowest BCUT2D eigenvalue weighted by molar-refractivity contribution is -0.174. The van der Waals surface area contributed by atoms with Crippen LogP contribution in [0, 0.1) is 5.92 Å². The molecule has 1 amide bonds. The summed E-state index contributed by atoms with van der Waals surface area (Å²) in [6.07, 6.45) is 0. The van der Waals surface area contributed by atoms with Crippen LogP contribution in [0.1, 0.15) is 34.6 Å². The second-order valence-electron chi connectivity index (χ2n) is 4.50. The van der Waals surface area contributed by atoms with Gasteiger partial charge in [-0.3, -0.25) is 9.59 Å². The highest BCUT2D eigenvalue weighted by Crippen LogP contribution is 2.39. The third-order valence-electron chi connectivity index (χ3n) is 2.73. The Morgan fingerprint density at radius 2 is 1.92 bits per heavy atom. The van der Waals surface area contributed by atoms with Crippen LogP contribution in [0.15, 0.2) is 0 Å². The van der Waals surface area contributed by atoms with Crippen LogP contribution in [-0.4, -0.2) is 28.2 Å². The predicted octanol–water partition coefficient (Wildman–Crippen LogP) is 1.22. The first kappa shape index (κ1) is 10.2. The normalized spacial score (nSPS) is 26.2. The maximum atomic E-state index is 11.6. The van der Waals surface area contributed by atoms with Crippen molar-refractivity contribution < 1.29 is 9.59 Å². The highest BCUT2D eigenvalue weighted by Gasteiger charge is 2.56. The minimum atomic E-state index is -0.421. The largest absolute Gasteiger partial charge is 0.333 e. The van der Waals surface area contributed by atoms with E-state index in [1.165, 1.54) is 6.92 Å². The van der Waals surface area contributed by atoms with Gasteiger partial charge in [0.05, 0.1) is 5.54 Å². The monoisotopic (exact) mass is 183 g/mol. The Bertz CT molecular complexity index is 256.